The molecule has 0 radical (unpaired) electrons. The molecule has 0 aliphatic heterocycles. The lowest BCUT2D eigenvalue weighted by molar-refractivity contribution is -0.136. The lowest BCUT2D eigenvalue weighted by Gasteiger charge is -2.05. The normalized spacial score (nSPS) is 9.50. The van der Waals surface area contributed by atoms with Crippen LogP contribution in [-0.2, 0) is 11.2 Å². The first-order valence-electron chi connectivity index (χ1n) is 4.26. The Balaban J connectivity index is 3.15. The van der Waals surface area contributed by atoms with Crippen molar-refractivity contribution in [2.45, 2.75) is 20.3 Å². The highest BCUT2D eigenvalue weighted by Gasteiger charge is 2.06. The molecule has 72 valence electrons. The van der Waals surface area contributed by atoms with E-state index in [1.54, 1.807) is 12.1 Å². The van der Waals surface area contributed by atoms with Gasteiger partial charge in [0.1, 0.15) is 0 Å². The zero-order valence-electron chi connectivity index (χ0n) is 8.16. The van der Waals surface area contributed by atoms with Crippen LogP contribution in [0.3, 0.4) is 0 Å². The summed E-state index contributed by atoms with van der Waals surface area (Å²) < 4.78 is 0. The number of carboxylic acid groups (broad SMARTS) is 1. The molecule has 0 heterocycles. The van der Waals surface area contributed by atoms with Gasteiger partial charge in [-0.2, -0.15) is 5.26 Å². The summed E-state index contributed by atoms with van der Waals surface area (Å²) in [6.07, 6.45) is 0.00733. The van der Waals surface area contributed by atoms with Gasteiger partial charge in [0, 0.05) is 0 Å². The number of nitrogens with zero attached hydrogens (tertiary/aromatic N) is 1. The van der Waals surface area contributed by atoms with Gasteiger partial charge in [-0.3, -0.25) is 4.79 Å². The van der Waals surface area contributed by atoms with E-state index in [4.69, 9.17) is 10.4 Å². The van der Waals surface area contributed by atoms with Crippen molar-refractivity contribution >= 4 is 5.97 Å². The number of aliphatic carboxylic acids is 1. The molecule has 1 rings (SSSR count). The van der Waals surface area contributed by atoms with E-state index in [-0.39, 0.29) is 6.42 Å². The monoisotopic (exact) mass is 189 g/mol. The highest BCUT2D eigenvalue weighted by molar-refractivity contribution is 5.70. The van der Waals surface area contributed by atoms with Crippen LogP contribution >= 0.6 is 0 Å². The Kier molecular flexibility index (Phi) is 2.88. The molecule has 0 fully saturated rings. The molecule has 0 aliphatic carbocycles. The Morgan fingerprint density at radius 3 is 2.29 bits per heavy atom. The van der Waals surface area contributed by atoms with Crippen LogP contribution in [0.25, 0.3) is 0 Å². The SMILES string of the molecule is Cc1cc(CC(=O)O)cc(C)c1C#N. The fourth-order valence-electron chi connectivity index (χ4n) is 1.51. The average Bonchev–Trinajstić information content (AvgIpc) is 2.01. The smallest absolute Gasteiger partial charge is 0.307 e. The van der Waals surface area contributed by atoms with Crippen LogP contribution in [0, 0.1) is 25.2 Å². The van der Waals surface area contributed by atoms with E-state index in [0.717, 1.165) is 16.7 Å². The van der Waals surface area contributed by atoms with Gasteiger partial charge in [0.05, 0.1) is 18.1 Å². The zero-order valence-corrected chi connectivity index (χ0v) is 8.16. The number of rotatable bonds is 2. The first-order chi connectivity index (χ1) is 6.54. The van der Waals surface area contributed by atoms with E-state index in [1.165, 1.54) is 0 Å². The fourth-order valence-corrected chi connectivity index (χ4v) is 1.51. The first kappa shape index (κ1) is 10.3. The second-order valence-electron chi connectivity index (χ2n) is 3.29. The summed E-state index contributed by atoms with van der Waals surface area (Å²) in [6.45, 7) is 3.63. The largest absolute Gasteiger partial charge is 0.481 e. The van der Waals surface area contributed by atoms with Gasteiger partial charge in [-0.25, -0.2) is 0 Å². The number of nitriles is 1. The summed E-state index contributed by atoms with van der Waals surface area (Å²) >= 11 is 0. The van der Waals surface area contributed by atoms with Crippen molar-refractivity contribution in [3.8, 4) is 6.07 Å². The van der Waals surface area contributed by atoms with E-state index >= 15 is 0 Å². The molecule has 0 spiro atoms. The summed E-state index contributed by atoms with van der Waals surface area (Å²) in [7, 11) is 0. The highest BCUT2D eigenvalue weighted by atomic mass is 16.4. The fraction of sp³-hybridized carbons (Fsp3) is 0.273. The molecular formula is C11H11NO2. The van der Waals surface area contributed by atoms with Gasteiger partial charge in [0.2, 0.25) is 0 Å². The Morgan fingerprint density at radius 1 is 1.43 bits per heavy atom. The molecule has 0 atom stereocenters. The van der Waals surface area contributed by atoms with Crippen LogP contribution in [-0.4, -0.2) is 11.1 Å². The van der Waals surface area contributed by atoms with Crippen LogP contribution in [0.5, 0.6) is 0 Å². The van der Waals surface area contributed by atoms with E-state index in [9.17, 15) is 4.79 Å². The summed E-state index contributed by atoms with van der Waals surface area (Å²) in [5.74, 6) is -0.853. The number of carboxylic acids is 1. The topological polar surface area (TPSA) is 61.1 Å². The molecule has 0 bridgehead atoms. The van der Waals surface area contributed by atoms with Crippen molar-refractivity contribution in [3.63, 3.8) is 0 Å². The molecule has 0 saturated carbocycles. The van der Waals surface area contributed by atoms with Gasteiger partial charge in [0.15, 0.2) is 0 Å². The maximum absolute atomic E-state index is 10.5. The van der Waals surface area contributed by atoms with Crippen LogP contribution in [0.1, 0.15) is 22.3 Å². The number of aryl methyl sites for hydroxylation is 2. The molecule has 1 aromatic carbocycles. The summed E-state index contributed by atoms with van der Waals surface area (Å²) in [5, 5.41) is 17.4. The van der Waals surface area contributed by atoms with Gasteiger partial charge < -0.3 is 5.11 Å². The number of benzene rings is 1. The molecule has 0 unspecified atom stereocenters. The van der Waals surface area contributed by atoms with E-state index in [0.29, 0.717) is 5.56 Å². The minimum Gasteiger partial charge on any atom is -0.481 e. The molecular weight excluding hydrogens is 178 g/mol. The molecule has 1 N–H and O–H groups in total. The summed E-state index contributed by atoms with van der Waals surface area (Å²) in [4.78, 5) is 10.5. The molecule has 3 heteroatoms. The van der Waals surface area contributed by atoms with Crippen LogP contribution in [0.4, 0.5) is 0 Å². The van der Waals surface area contributed by atoms with E-state index < -0.39 is 5.97 Å². The van der Waals surface area contributed by atoms with E-state index in [2.05, 4.69) is 6.07 Å². The number of hydrogen-bond acceptors (Lipinski definition) is 2. The molecule has 0 amide bonds. The Morgan fingerprint density at radius 2 is 1.93 bits per heavy atom. The number of carbonyl (C=O) groups is 1. The molecule has 1 aromatic rings. The minimum atomic E-state index is -0.853. The highest BCUT2D eigenvalue weighted by Crippen LogP contribution is 2.15. The second-order valence-corrected chi connectivity index (χ2v) is 3.29. The zero-order chi connectivity index (χ0) is 10.7. The molecule has 3 nitrogen and oxygen atoms in total. The van der Waals surface area contributed by atoms with Crippen LogP contribution in [0.15, 0.2) is 12.1 Å². The minimum absolute atomic E-state index is 0.00733. The van der Waals surface area contributed by atoms with Gasteiger partial charge >= 0.3 is 5.97 Å². The maximum Gasteiger partial charge on any atom is 0.307 e. The van der Waals surface area contributed by atoms with Crippen molar-refractivity contribution in [3.05, 3.63) is 34.4 Å². The standard InChI is InChI=1S/C11H11NO2/c1-7-3-9(5-11(13)14)4-8(2)10(7)6-12/h3-4H,5H2,1-2H3,(H,13,14). The van der Waals surface area contributed by atoms with Crippen LogP contribution < -0.4 is 0 Å². The molecule has 0 aromatic heterocycles. The van der Waals surface area contributed by atoms with Crippen molar-refractivity contribution < 1.29 is 9.90 Å². The van der Waals surface area contributed by atoms with Crippen molar-refractivity contribution in [1.82, 2.24) is 0 Å². The third-order valence-electron chi connectivity index (χ3n) is 2.06. The maximum atomic E-state index is 10.5. The first-order valence-corrected chi connectivity index (χ1v) is 4.26. The van der Waals surface area contributed by atoms with Crippen molar-refractivity contribution in [1.29, 1.82) is 5.26 Å². The predicted octanol–water partition coefficient (Wildman–Crippen LogP) is 1.80. The Hall–Kier alpha value is -1.82. The lowest BCUT2D eigenvalue weighted by atomic mass is 9.99. The quantitative estimate of drug-likeness (QED) is 0.771. The van der Waals surface area contributed by atoms with Gasteiger partial charge in [-0.1, -0.05) is 12.1 Å². The average molecular weight is 189 g/mol. The van der Waals surface area contributed by atoms with Crippen molar-refractivity contribution in [2.24, 2.45) is 0 Å². The van der Waals surface area contributed by atoms with Crippen LogP contribution in [0.2, 0.25) is 0 Å². The molecule has 14 heavy (non-hydrogen) atoms. The third-order valence-corrected chi connectivity index (χ3v) is 2.06. The van der Waals surface area contributed by atoms with Gasteiger partial charge in [0.25, 0.3) is 0 Å². The summed E-state index contributed by atoms with van der Waals surface area (Å²) in [6, 6.07) is 5.60. The predicted molar refractivity (Wildman–Crippen MR) is 52.0 cm³/mol. The second kappa shape index (κ2) is 3.93. The molecule has 0 aliphatic rings. The lowest BCUT2D eigenvalue weighted by Crippen LogP contribution is -2.01. The van der Waals surface area contributed by atoms with E-state index in [1.807, 2.05) is 13.8 Å². The third kappa shape index (κ3) is 2.11. The van der Waals surface area contributed by atoms with Gasteiger partial charge in [-0.15, -0.1) is 0 Å². The Bertz CT molecular complexity index is 393. The Labute approximate surface area is 82.6 Å². The summed E-state index contributed by atoms with van der Waals surface area (Å²) in [5.41, 5.74) is 3.05. The molecule has 0 saturated heterocycles. The number of hydrogen-bond donors (Lipinski definition) is 1. The van der Waals surface area contributed by atoms with Gasteiger partial charge in [-0.05, 0) is 30.5 Å². The van der Waals surface area contributed by atoms with Crippen molar-refractivity contribution in [2.75, 3.05) is 0 Å².